The number of nitrogens with one attached hydrogen (secondary N) is 2. The second-order valence-corrected chi connectivity index (χ2v) is 6.25. The number of anilines is 1. The van der Waals surface area contributed by atoms with Gasteiger partial charge in [-0.25, -0.2) is 13.1 Å². The van der Waals surface area contributed by atoms with Crippen molar-refractivity contribution in [1.29, 1.82) is 0 Å². The molecule has 0 amide bonds. The number of hydrogen-bond acceptors (Lipinski definition) is 5. The molecule has 7 heteroatoms. The van der Waals surface area contributed by atoms with Gasteiger partial charge in [-0.1, -0.05) is 12.8 Å². The number of hydrogen-bond donors (Lipinski definition) is 3. The quantitative estimate of drug-likeness (QED) is 0.544. The van der Waals surface area contributed by atoms with E-state index in [0.29, 0.717) is 18.2 Å². The molecular weight excluding hydrogens is 252 g/mol. The average molecular weight is 270 g/mol. The van der Waals surface area contributed by atoms with Gasteiger partial charge in [0.15, 0.2) is 0 Å². The van der Waals surface area contributed by atoms with E-state index in [0.717, 1.165) is 12.8 Å². The van der Waals surface area contributed by atoms with Crippen LogP contribution in [0.5, 0.6) is 0 Å². The highest BCUT2D eigenvalue weighted by Gasteiger charge is 2.21. The molecule has 1 fully saturated rings. The second kappa shape index (κ2) is 5.64. The fraction of sp³-hybridized carbons (Fsp3) is 0.545. The normalized spacial score (nSPS) is 16.9. The number of nitrogens with two attached hydrogens (primary N) is 1. The molecule has 0 aliphatic heterocycles. The number of hydrazine groups is 1. The maximum atomic E-state index is 12.1. The van der Waals surface area contributed by atoms with Gasteiger partial charge in [-0.15, -0.1) is 0 Å². The molecule has 6 nitrogen and oxygen atoms in total. The van der Waals surface area contributed by atoms with Crippen LogP contribution in [-0.4, -0.2) is 19.9 Å². The zero-order chi connectivity index (χ0) is 13.0. The Bertz CT molecular complexity index is 498. The molecule has 1 aromatic heterocycles. The lowest BCUT2D eigenvalue weighted by Crippen LogP contribution is -2.29. The molecule has 0 aromatic carbocycles. The Morgan fingerprint density at radius 3 is 2.78 bits per heavy atom. The van der Waals surface area contributed by atoms with Crippen molar-refractivity contribution in [3.05, 3.63) is 18.5 Å². The molecule has 0 atom stereocenters. The van der Waals surface area contributed by atoms with E-state index in [-0.39, 0.29) is 4.90 Å². The smallest absolute Gasteiger partial charge is 0.244 e. The van der Waals surface area contributed by atoms with Crippen molar-refractivity contribution < 1.29 is 8.42 Å². The first-order valence-electron chi connectivity index (χ1n) is 6.04. The van der Waals surface area contributed by atoms with Crippen molar-refractivity contribution in [2.75, 3.05) is 12.0 Å². The summed E-state index contributed by atoms with van der Waals surface area (Å²) in [4.78, 5) is 3.91. The van der Waals surface area contributed by atoms with E-state index in [1.807, 2.05) is 0 Å². The highest BCUT2D eigenvalue weighted by molar-refractivity contribution is 7.89. The van der Waals surface area contributed by atoms with Gasteiger partial charge in [-0.05, 0) is 24.8 Å². The molecule has 1 aromatic rings. The van der Waals surface area contributed by atoms with Crippen LogP contribution in [0.2, 0.25) is 0 Å². The SMILES string of the molecule is NNc1ccncc1S(=O)(=O)NCC1CCCC1. The number of nitrogens with zero attached hydrogens (tertiary/aromatic N) is 1. The summed E-state index contributed by atoms with van der Waals surface area (Å²) in [6.07, 6.45) is 7.36. The van der Waals surface area contributed by atoms with Crippen LogP contribution < -0.4 is 16.0 Å². The van der Waals surface area contributed by atoms with E-state index < -0.39 is 10.0 Å². The summed E-state index contributed by atoms with van der Waals surface area (Å²) >= 11 is 0. The van der Waals surface area contributed by atoms with Gasteiger partial charge >= 0.3 is 0 Å². The Hall–Kier alpha value is -1.18. The van der Waals surface area contributed by atoms with Crippen LogP contribution in [0.15, 0.2) is 23.4 Å². The number of pyridine rings is 1. The summed E-state index contributed by atoms with van der Waals surface area (Å²) in [5, 5.41) is 0. The molecule has 0 spiro atoms. The second-order valence-electron chi connectivity index (χ2n) is 4.52. The molecule has 0 radical (unpaired) electrons. The minimum atomic E-state index is -3.55. The molecule has 0 unspecified atom stereocenters. The topological polar surface area (TPSA) is 97.1 Å². The Labute approximate surface area is 107 Å². The summed E-state index contributed by atoms with van der Waals surface area (Å²) < 4.78 is 26.9. The molecule has 1 aliphatic rings. The first-order valence-corrected chi connectivity index (χ1v) is 7.52. The maximum absolute atomic E-state index is 12.1. The molecule has 0 saturated heterocycles. The van der Waals surface area contributed by atoms with Gasteiger partial charge in [-0.3, -0.25) is 10.8 Å². The molecule has 18 heavy (non-hydrogen) atoms. The van der Waals surface area contributed by atoms with Crippen molar-refractivity contribution in [2.24, 2.45) is 11.8 Å². The first-order chi connectivity index (χ1) is 8.63. The minimum Gasteiger partial charge on any atom is -0.323 e. The fourth-order valence-corrected chi connectivity index (χ4v) is 3.46. The van der Waals surface area contributed by atoms with Gasteiger partial charge in [0, 0.05) is 18.9 Å². The molecule has 100 valence electrons. The third-order valence-electron chi connectivity index (χ3n) is 3.27. The lowest BCUT2D eigenvalue weighted by atomic mass is 10.1. The molecule has 1 heterocycles. The van der Waals surface area contributed by atoms with Crippen LogP contribution in [0.25, 0.3) is 0 Å². The third-order valence-corrected chi connectivity index (χ3v) is 4.72. The van der Waals surface area contributed by atoms with Crippen LogP contribution >= 0.6 is 0 Å². The first kappa shape index (κ1) is 13.3. The zero-order valence-corrected chi connectivity index (χ0v) is 10.9. The number of rotatable bonds is 5. The summed E-state index contributed by atoms with van der Waals surface area (Å²) in [5.41, 5.74) is 2.72. The highest BCUT2D eigenvalue weighted by Crippen LogP contribution is 2.25. The Kier molecular flexibility index (Phi) is 4.15. The van der Waals surface area contributed by atoms with Gasteiger partial charge < -0.3 is 5.43 Å². The summed E-state index contributed by atoms with van der Waals surface area (Å²) in [5.74, 6) is 5.75. The summed E-state index contributed by atoms with van der Waals surface area (Å²) in [6.45, 7) is 0.487. The van der Waals surface area contributed by atoms with E-state index >= 15 is 0 Å². The number of aromatic nitrogens is 1. The highest BCUT2D eigenvalue weighted by atomic mass is 32.2. The summed E-state index contributed by atoms with van der Waals surface area (Å²) in [7, 11) is -3.55. The average Bonchev–Trinajstić information content (AvgIpc) is 2.89. The lowest BCUT2D eigenvalue weighted by Gasteiger charge is -2.13. The summed E-state index contributed by atoms with van der Waals surface area (Å²) in [6, 6.07) is 1.53. The predicted octanol–water partition coefficient (Wildman–Crippen LogP) is 0.836. The minimum absolute atomic E-state index is 0.0884. The van der Waals surface area contributed by atoms with Crippen LogP contribution in [0.3, 0.4) is 0 Å². The number of sulfonamides is 1. The van der Waals surface area contributed by atoms with Gasteiger partial charge in [-0.2, -0.15) is 0 Å². The van der Waals surface area contributed by atoms with Crippen LogP contribution in [0.1, 0.15) is 25.7 Å². The van der Waals surface area contributed by atoms with E-state index in [9.17, 15) is 8.42 Å². The predicted molar refractivity (Wildman–Crippen MR) is 69.2 cm³/mol. The molecular formula is C11H18N4O2S. The molecule has 4 N–H and O–H groups in total. The molecule has 0 bridgehead atoms. The van der Waals surface area contributed by atoms with Crippen molar-refractivity contribution >= 4 is 15.7 Å². The number of nitrogen functional groups attached to an aromatic ring is 1. The molecule has 2 rings (SSSR count). The van der Waals surface area contributed by atoms with Crippen LogP contribution in [0.4, 0.5) is 5.69 Å². The Morgan fingerprint density at radius 2 is 2.11 bits per heavy atom. The van der Waals surface area contributed by atoms with Crippen molar-refractivity contribution in [1.82, 2.24) is 9.71 Å². The van der Waals surface area contributed by atoms with Gasteiger partial charge in [0.1, 0.15) is 4.90 Å². The van der Waals surface area contributed by atoms with Crippen molar-refractivity contribution in [2.45, 2.75) is 30.6 Å². The van der Waals surface area contributed by atoms with E-state index in [4.69, 9.17) is 5.84 Å². The van der Waals surface area contributed by atoms with Crippen LogP contribution in [0, 0.1) is 5.92 Å². The van der Waals surface area contributed by atoms with Crippen molar-refractivity contribution in [3.63, 3.8) is 0 Å². The lowest BCUT2D eigenvalue weighted by molar-refractivity contribution is 0.519. The van der Waals surface area contributed by atoms with E-state index in [2.05, 4.69) is 15.1 Å². The van der Waals surface area contributed by atoms with Crippen LogP contribution in [-0.2, 0) is 10.0 Å². The Morgan fingerprint density at radius 1 is 1.39 bits per heavy atom. The van der Waals surface area contributed by atoms with Gasteiger partial charge in [0.05, 0.1) is 5.69 Å². The molecule has 1 saturated carbocycles. The van der Waals surface area contributed by atoms with E-state index in [1.165, 1.54) is 31.3 Å². The molecule has 1 aliphatic carbocycles. The van der Waals surface area contributed by atoms with Gasteiger partial charge in [0.2, 0.25) is 10.0 Å². The zero-order valence-electron chi connectivity index (χ0n) is 10.1. The standard InChI is InChI=1S/C11H18N4O2S/c12-15-10-5-6-13-8-11(10)18(16,17)14-7-9-3-1-2-4-9/h5-6,8-9,14H,1-4,7,12H2,(H,13,15). The van der Waals surface area contributed by atoms with E-state index in [1.54, 1.807) is 0 Å². The maximum Gasteiger partial charge on any atom is 0.244 e. The Balaban J connectivity index is 2.09. The fourth-order valence-electron chi connectivity index (χ4n) is 2.23. The van der Waals surface area contributed by atoms with Gasteiger partial charge in [0.25, 0.3) is 0 Å². The monoisotopic (exact) mass is 270 g/mol. The largest absolute Gasteiger partial charge is 0.323 e. The van der Waals surface area contributed by atoms with Crippen molar-refractivity contribution in [3.8, 4) is 0 Å². The third kappa shape index (κ3) is 2.98.